The maximum Gasteiger partial charge on any atom is 0.407 e. The molecule has 0 spiro atoms. The van der Waals surface area contributed by atoms with Crippen molar-refractivity contribution in [2.24, 2.45) is 0 Å². The molecule has 1 saturated carbocycles. The van der Waals surface area contributed by atoms with E-state index in [4.69, 9.17) is 23.7 Å². The Morgan fingerprint density at radius 3 is 2.29 bits per heavy atom. The van der Waals surface area contributed by atoms with Gasteiger partial charge in [0.05, 0.1) is 19.8 Å². The normalized spacial score (nSPS) is 14.9. The van der Waals surface area contributed by atoms with E-state index >= 15 is 0 Å². The fourth-order valence-corrected chi connectivity index (χ4v) is 3.78. The number of alkyl carbamates (subject to hydrolysis) is 1. The fraction of sp³-hybridized carbons (Fsp3) is 0.640. The maximum absolute atomic E-state index is 13.2. The molecule has 10 heteroatoms. The molecular formula is C25H38N2O8. The van der Waals surface area contributed by atoms with Gasteiger partial charge in [-0.05, 0) is 32.3 Å². The van der Waals surface area contributed by atoms with Crippen LogP contribution in [0.2, 0.25) is 0 Å². The van der Waals surface area contributed by atoms with Crippen molar-refractivity contribution in [3.8, 4) is 0 Å². The number of benzene rings is 1. The van der Waals surface area contributed by atoms with Crippen LogP contribution < -0.4 is 5.32 Å². The first kappa shape index (κ1) is 28.5. The molecule has 0 bridgehead atoms. The van der Waals surface area contributed by atoms with Crippen molar-refractivity contribution in [1.82, 2.24) is 10.2 Å². The van der Waals surface area contributed by atoms with Crippen molar-refractivity contribution in [1.29, 1.82) is 0 Å². The van der Waals surface area contributed by atoms with Gasteiger partial charge in [-0.15, -0.1) is 0 Å². The Kier molecular flexibility index (Phi) is 13.1. The van der Waals surface area contributed by atoms with Gasteiger partial charge < -0.3 is 33.9 Å². The molecule has 196 valence electrons. The van der Waals surface area contributed by atoms with Gasteiger partial charge in [-0.1, -0.05) is 49.6 Å². The van der Waals surface area contributed by atoms with E-state index in [1.165, 1.54) is 12.0 Å². The second-order valence-electron chi connectivity index (χ2n) is 8.07. The average molecular weight is 495 g/mol. The third-order valence-electron chi connectivity index (χ3n) is 5.53. The first-order valence-corrected chi connectivity index (χ1v) is 12.2. The second kappa shape index (κ2) is 16.1. The molecule has 1 atom stereocenters. The van der Waals surface area contributed by atoms with E-state index in [0.29, 0.717) is 13.2 Å². The fourth-order valence-electron chi connectivity index (χ4n) is 3.78. The minimum atomic E-state index is -1.29. The van der Waals surface area contributed by atoms with Crippen LogP contribution in [0.4, 0.5) is 4.79 Å². The number of esters is 1. The molecule has 10 nitrogen and oxygen atoms in total. The lowest BCUT2D eigenvalue weighted by atomic mass is 9.98. The molecule has 1 unspecified atom stereocenters. The van der Waals surface area contributed by atoms with Gasteiger partial charge in [-0.3, -0.25) is 4.79 Å². The zero-order valence-electron chi connectivity index (χ0n) is 20.9. The number of nitrogens with zero attached hydrogens (tertiary/aromatic N) is 1. The number of amides is 2. The summed E-state index contributed by atoms with van der Waals surface area (Å²) in [7, 11) is 1.24. The SMILES string of the molecule is CCOC(CN(C(=O)CNC(=O)OCc1ccccc1)C(OC1CCCCC1)C(=O)OC)OCC. The van der Waals surface area contributed by atoms with Crippen LogP contribution in [0.1, 0.15) is 51.5 Å². The quantitative estimate of drug-likeness (QED) is 0.310. The van der Waals surface area contributed by atoms with E-state index in [2.05, 4.69) is 5.32 Å². The Hall–Kier alpha value is -2.69. The summed E-state index contributed by atoms with van der Waals surface area (Å²) in [6.07, 6.45) is 1.67. The summed E-state index contributed by atoms with van der Waals surface area (Å²) in [6.45, 7) is 3.90. The average Bonchev–Trinajstić information content (AvgIpc) is 2.89. The molecule has 2 rings (SSSR count). The zero-order valence-corrected chi connectivity index (χ0v) is 20.9. The summed E-state index contributed by atoms with van der Waals surface area (Å²) in [5.74, 6) is -1.26. The smallest absolute Gasteiger partial charge is 0.407 e. The molecule has 2 amide bonds. The monoisotopic (exact) mass is 494 g/mol. The molecular weight excluding hydrogens is 456 g/mol. The molecule has 1 aliphatic carbocycles. The van der Waals surface area contributed by atoms with Gasteiger partial charge in [0.15, 0.2) is 6.29 Å². The maximum atomic E-state index is 13.2. The van der Waals surface area contributed by atoms with E-state index < -0.39 is 37.0 Å². The van der Waals surface area contributed by atoms with Crippen molar-refractivity contribution in [3.05, 3.63) is 35.9 Å². The van der Waals surface area contributed by atoms with Crippen LogP contribution in [0.3, 0.4) is 0 Å². The van der Waals surface area contributed by atoms with E-state index in [0.717, 1.165) is 37.7 Å². The van der Waals surface area contributed by atoms with E-state index in [1.54, 1.807) is 13.8 Å². The number of methoxy groups -OCH3 is 1. The van der Waals surface area contributed by atoms with Gasteiger partial charge in [0.25, 0.3) is 0 Å². The van der Waals surface area contributed by atoms with Gasteiger partial charge in [-0.2, -0.15) is 0 Å². The van der Waals surface area contributed by atoms with Crippen molar-refractivity contribution in [3.63, 3.8) is 0 Å². The molecule has 0 heterocycles. The lowest BCUT2D eigenvalue weighted by molar-refractivity contribution is -0.199. The zero-order chi connectivity index (χ0) is 25.5. The highest BCUT2D eigenvalue weighted by Gasteiger charge is 2.36. The van der Waals surface area contributed by atoms with Gasteiger partial charge in [0, 0.05) is 13.2 Å². The van der Waals surface area contributed by atoms with Crippen molar-refractivity contribution in [2.75, 3.05) is 33.4 Å². The number of carbonyl (C=O) groups excluding carboxylic acids is 3. The third-order valence-corrected chi connectivity index (χ3v) is 5.53. The summed E-state index contributed by atoms with van der Waals surface area (Å²) in [5, 5.41) is 2.44. The van der Waals surface area contributed by atoms with Crippen LogP contribution in [0, 0.1) is 0 Å². The summed E-state index contributed by atoms with van der Waals surface area (Å²) < 4.78 is 27.4. The molecule has 0 aliphatic heterocycles. The number of nitrogens with one attached hydrogen (secondary N) is 1. The lowest BCUT2D eigenvalue weighted by Gasteiger charge is -2.35. The summed E-state index contributed by atoms with van der Waals surface area (Å²) in [4.78, 5) is 39.3. The Bertz CT molecular complexity index is 764. The van der Waals surface area contributed by atoms with Crippen LogP contribution in [-0.4, -0.2) is 74.9 Å². The Balaban J connectivity index is 2.09. The largest absolute Gasteiger partial charge is 0.466 e. The van der Waals surface area contributed by atoms with Gasteiger partial charge in [0.1, 0.15) is 13.2 Å². The standard InChI is InChI=1S/C25H38N2O8/c1-4-32-22(33-5-2)17-27(23(24(29)31-3)35-20-14-10-7-11-15-20)21(28)16-26-25(30)34-18-19-12-8-6-9-13-19/h6,8-9,12-13,20,22-23H,4-5,7,10-11,14-18H2,1-3H3,(H,26,30). The Labute approximate surface area is 207 Å². The predicted molar refractivity (Wildman–Crippen MR) is 127 cm³/mol. The number of rotatable bonds is 14. The summed E-state index contributed by atoms with van der Waals surface area (Å²) in [5.41, 5.74) is 0.818. The molecule has 1 N–H and O–H groups in total. The highest BCUT2D eigenvalue weighted by Crippen LogP contribution is 2.23. The first-order valence-electron chi connectivity index (χ1n) is 12.2. The van der Waals surface area contributed by atoms with Gasteiger partial charge in [0.2, 0.25) is 12.1 Å². The minimum Gasteiger partial charge on any atom is -0.466 e. The van der Waals surface area contributed by atoms with Gasteiger partial charge in [-0.25, -0.2) is 9.59 Å². The van der Waals surface area contributed by atoms with Crippen LogP contribution in [-0.2, 0) is 39.9 Å². The highest BCUT2D eigenvalue weighted by molar-refractivity contribution is 5.86. The van der Waals surface area contributed by atoms with Crippen LogP contribution in [0.5, 0.6) is 0 Å². The molecule has 0 aromatic heterocycles. The molecule has 0 radical (unpaired) electrons. The highest BCUT2D eigenvalue weighted by atomic mass is 16.7. The van der Waals surface area contributed by atoms with E-state index in [1.807, 2.05) is 30.3 Å². The van der Waals surface area contributed by atoms with Crippen molar-refractivity contribution >= 4 is 18.0 Å². The molecule has 1 fully saturated rings. The lowest BCUT2D eigenvalue weighted by Crippen LogP contribution is -2.54. The number of hydrogen-bond acceptors (Lipinski definition) is 8. The van der Waals surface area contributed by atoms with Crippen LogP contribution in [0.15, 0.2) is 30.3 Å². The summed E-state index contributed by atoms with van der Waals surface area (Å²) in [6, 6.07) is 9.19. The molecule has 35 heavy (non-hydrogen) atoms. The number of hydrogen-bond donors (Lipinski definition) is 1. The second-order valence-corrected chi connectivity index (χ2v) is 8.07. The molecule has 0 saturated heterocycles. The Morgan fingerprint density at radius 1 is 1.03 bits per heavy atom. The first-order chi connectivity index (χ1) is 17.0. The summed E-state index contributed by atoms with van der Waals surface area (Å²) >= 11 is 0. The van der Waals surface area contributed by atoms with Gasteiger partial charge >= 0.3 is 12.1 Å². The predicted octanol–water partition coefficient (Wildman–Crippen LogP) is 2.99. The Morgan fingerprint density at radius 2 is 1.69 bits per heavy atom. The molecule has 1 aromatic carbocycles. The van der Waals surface area contributed by atoms with Crippen LogP contribution >= 0.6 is 0 Å². The minimum absolute atomic E-state index is 0.0664. The number of ether oxygens (including phenoxy) is 5. The molecule has 1 aliphatic rings. The van der Waals surface area contributed by atoms with E-state index in [9.17, 15) is 14.4 Å². The third kappa shape index (κ3) is 10.2. The van der Waals surface area contributed by atoms with E-state index in [-0.39, 0.29) is 19.3 Å². The van der Waals surface area contributed by atoms with Crippen molar-refractivity contribution < 1.29 is 38.1 Å². The molecule has 1 aromatic rings. The van der Waals surface area contributed by atoms with Crippen LogP contribution in [0.25, 0.3) is 0 Å². The topological polar surface area (TPSA) is 113 Å². The number of carbonyl (C=O) groups is 3. The van der Waals surface area contributed by atoms with Crippen molar-refractivity contribution in [2.45, 2.75) is 71.2 Å².